The third-order valence-corrected chi connectivity index (χ3v) is 7.42. The van der Waals surface area contributed by atoms with Gasteiger partial charge in [-0.1, -0.05) is 55.5 Å². The van der Waals surface area contributed by atoms with Gasteiger partial charge in [0.2, 0.25) is 5.91 Å². The number of ether oxygens (including phenoxy) is 4. The quantitative estimate of drug-likeness (QED) is 0.304. The topological polar surface area (TPSA) is 154 Å². The summed E-state index contributed by atoms with van der Waals surface area (Å²) in [5.74, 6) is -2.17. The SMILES string of the molecule is COC(=O)c1csc(NC(=O)[C@@H](NC(=O)[C@H](NC(=O)OC(C)(C)C)C2=COC=C(C3=CC=CCC3)O2)[C@@H](C)c2ccccc2)n1. The van der Waals surface area contributed by atoms with E-state index in [1.54, 1.807) is 27.7 Å². The van der Waals surface area contributed by atoms with E-state index in [4.69, 9.17) is 18.9 Å². The third kappa shape index (κ3) is 9.05. The van der Waals surface area contributed by atoms with Crippen molar-refractivity contribution in [1.29, 1.82) is 0 Å². The summed E-state index contributed by atoms with van der Waals surface area (Å²) in [6.45, 7) is 6.85. The number of nitrogens with one attached hydrogen (secondary N) is 3. The van der Waals surface area contributed by atoms with Gasteiger partial charge < -0.3 is 34.9 Å². The monoisotopic (exact) mass is 636 g/mol. The lowest BCUT2D eigenvalue weighted by Gasteiger charge is -2.29. The molecule has 2 aromatic rings. The zero-order valence-electron chi connectivity index (χ0n) is 25.6. The highest BCUT2D eigenvalue weighted by Gasteiger charge is 2.36. The minimum atomic E-state index is -1.44. The normalized spacial score (nSPS) is 16.2. The van der Waals surface area contributed by atoms with Crippen molar-refractivity contribution in [1.82, 2.24) is 15.6 Å². The van der Waals surface area contributed by atoms with Crippen LogP contribution in [0.25, 0.3) is 0 Å². The van der Waals surface area contributed by atoms with Crippen LogP contribution in [-0.4, -0.2) is 53.7 Å². The molecule has 1 aliphatic heterocycles. The molecule has 0 radical (unpaired) electrons. The summed E-state index contributed by atoms with van der Waals surface area (Å²) < 4.78 is 21.7. The van der Waals surface area contributed by atoms with Gasteiger partial charge in [-0.25, -0.2) is 14.6 Å². The van der Waals surface area contributed by atoms with Crippen molar-refractivity contribution in [3.05, 3.63) is 94.8 Å². The Bertz CT molecular complexity index is 1540. The molecular weight excluding hydrogens is 600 g/mol. The van der Waals surface area contributed by atoms with Crippen molar-refractivity contribution in [2.45, 2.75) is 64.1 Å². The van der Waals surface area contributed by atoms with Gasteiger partial charge >= 0.3 is 12.1 Å². The van der Waals surface area contributed by atoms with Gasteiger partial charge in [0.05, 0.1) is 7.11 Å². The van der Waals surface area contributed by atoms with E-state index in [1.807, 2.05) is 48.6 Å². The first-order chi connectivity index (χ1) is 21.4. The number of allylic oxidation sites excluding steroid dienone is 4. The summed E-state index contributed by atoms with van der Waals surface area (Å²) in [6.07, 6.45) is 9.05. The maximum Gasteiger partial charge on any atom is 0.408 e. The largest absolute Gasteiger partial charge is 0.465 e. The molecule has 0 bridgehead atoms. The number of hydrogen-bond acceptors (Lipinski definition) is 10. The Balaban J connectivity index is 1.61. The highest BCUT2D eigenvalue weighted by atomic mass is 32.1. The smallest absolute Gasteiger partial charge is 0.408 e. The molecule has 0 saturated heterocycles. The number of anilines is 1. The minimum Gasteiger partial charge on any atom is -0.465 e. The molecule has 3 N–H and O–H groups in total. The molecule has 45 heavy (non-hydrogen) atoms. The Labute approximate surface area is 265 Å². The van der Waals surface area contributed by atoms with E-state index in [-0.39, 0.29) is 16.6 Å². The summed E-state index contributed by atoms with van der Waals surface area (Å²) in [6, 6.07) is 6.54. The number of benzene rings is 1. The number of hydrogen-bond donors (Lipinski definition) is 3. The maximum absolute atomic E-state index is 14.0. The second kappa shape index (κ2) is 14.7. The lowest BCUT2D eigenvalue weighted by atomic mass is 9.92. The van der Waals surface area contributed by atoms with Gasteiger partial charge in [0.25, 0.3) is 5.91 Å². The van der Waals surface area contributed by atoms with Crippen LogP contribution in [0.15, 0.2) is 83.6 Å². The number of nitrogens with zero attached hydrogens (tertiary/aromatic N) is 1. The number of carbonyl (C=O) groups excluding carboxylic acids is 4. The van der Waals surface area contributed by atoms with Crippen molar-refractivity contribution < 1.29 is 38.1 Å². The summed E-state index contributed by atoms with van der Waals surface area (Å²) >= 11 is 1.03. The molecule has 1 aromatic heterocycles. The minimum absolute atomic E-state index is 0.0134. The van der Waals surface area contributed by atoms with E-state index in [1.165, 1.54) is 25.0 Å². The number of methoxy groups -OCH3 is 1. The van der Waals surface area contributed by atoms with Gasteiger partial charge in [-0.2, -0.15) is 0 Å². The molecule has 13 heteroatoms. The number of amides is 3. The molecule has 238 valence electrons. The number of esters is 1. The van der Waals surface area contributed by atoms with Crippen LogP contribution >= 0.6 is 11.3 Å². The van der Waals surface area contributed by atoms with E-state index in [9.17, 15) is 19.2 Å². The molecule has 0 spiro atoms. The highest BCUT2D eigenvalue weighted by Crippen LogP contribution is 2.28. The molecule has 2 heterocycles. The first-order valence-corrected chi connectivity index (χ1v) is 15.1. The van der Waals surface area contributed by atoms with Crippen LogP contribution in [0.3, 0.4) is 0 Å². The molecule has 3 amide bonds. The van der Waals surface area contributed by atoms with Crippen LogP contribution in [0.4, 0.5) is 9.93 Å². The zero-order valence-corrected chi connectivity index (χ0v) is 26.4. The fourth-order valence-electron chi connectivity index (χ4n) is 4.42. The Morgan fingerprint density at radius 2 is 1.80 bits per heavy atom. The summed E-state index contributed by atoms with van der Waals surface area (Å²) in [7, 11) is 1.23. The number of thiazole rings is 1. The Hall–Kier alpha value is -4.91. The lowest BCUT2D eigenvalue weighted by Crippen LogP contribution is -2.55. The van der Waals surface area contributed by atoms with Crippen LogP contribution in [0.1, 0.15) is 62.5 Å². The fourth-order valence-corrected chi connectivity index (χ4v) is 5.10. The van der Waals surface area contributed by atoms with E-state index < -0.39 is 47.5 Å². The highest BCUT2D eigenvalue weighted by molar-refractivity contribution is 7.14. The number of carbonyl (C=O) groups is 4. The second-order valence-electron chi connectivity index (χ2n) is 11.2. The molecule has 0 fully saturated rings. The molecule has 0 saturated carbocycles. The Kier molecular flexibility index (Phi) is 10.8. The van der Waals surface area contributed by atoms with Crippen LogP contribution in [0, 0.1) is 0 Å². The van der Waals surface area contributed by atoms with E-state index in [2.05, 4.69) is 20.9 Å². The Morgan fingerprint density at radius 3 is 2.47 bits per heavy atom. The van der Waals surface area contributed by atoms with E-state index in [0.717, 1.165) is 28.9 Å². The zero-order chi connectivity index (χ0) is 32.6. The van der Waals surface area contributed by atoms with Crippen molar-refractivity contribution in [2.24, 2.45) is 0 Å². The van der Waals surface area contributed by atoms with Crippen molar-refractivity contribution >= 4 is 40.3 Å². The molecule has 3 atom stereocenters. The van der Waals surface area contributed by atoms with Gasteiger partial charge in [-0.3, -0.25) is 9.59 Å². The van der Waals surface area contributed by atoms with Crippen LogP contribution in [0.2, 0.25) is 0 Å². The first kappa shape index (κ1) is 33.0. The standard InChI is InChI=1S/C32H36N4O8S/c1-19(20-12-8-6-9-13-20)25(27(37)36-30-33-22(18-45-30)29(39)41-5)34-28(38)26(35-31(40)44-32(2,3)4)24-17-42-16-23(43-24)21-14-10-7-11-15-21/h6-10,12-14,16-19,25-26H,11,15H2,1-5H3,(H,34,38)(H,35,40)(H,33,36,37)/t19-,25-,26+/m0/s1. The van der Waals surface area contributed by atoms with Gasteiger partial charge in [-0.05, 0) is 44.7 Å². The predicted octanol–water partition coefficient (Wildman–Crippen LogP) is 5.06. The van der Waals surface area contributed by atoms with Gasteiger partial charge in [0, 0.05) is 11.3 Å². The summed E-state index contributed by atoms with van der Waals surface area (Å²) in [4.78, 5) is 56.6. The van der Waals surface area contributed by atoms with Crippen LogP contribution < -0.4 is 16.0 Å². The Morgan fingerprint density at radius 1 is 1.04 bits per heavy atom. The molecule has 12 nitrogen and oxygen atoms in total. The maximum atomic E-state index is 14.0. The first-order valence-electron chi connectivity index (χ1n) is 14.2. The number of aromatic nitrogens is 1. The molecule has 1 aromatic carbocycles. The van der Waals surface area contributed by atoms with Crippen LogP contribution in [0.5, 0.6) is 0 Å². The lowest BCUT2D eigenvalue weighted by molar-refractivity contribution is -0.128. The fraction of sp³-hybridized carbons (Fsp3) is 0.344. The second-order valence-corrected chi connectivity index (χ2v) is 12.0. The number of alkyl carbamates (subject to hydrolysis) is 1. The summed E-state index contributed by atoms with van der Waals surface area (Å²) in [5, 5.41) is 9.61. The molecule has 4 rings (SSSR count). The van der Waals surface area contributed by atoms with E-state index >= 15 is 0 Å². The molecule has 1 aliphatic carbocycles. The number of rotatable bonds is 10. The van der Waals surface area contributed by atoms with Gasteiger partial charge in [0.1, 0.15) is 24.2 Å². The third-order valence-electron chi connectivity index (χ3n) is 6.66. The predicted molar refractivity (Wildman–Crippen MR) is 167 cm³/mol. The molecular formula is C32H36N4O8S. The van der Waals surface area contributed by atoms with Crippen molar-refractivity contribution in [2.75, 3.05) is 12.4 Å². The molecule has 0 unspecified atom stereocenters. The van der Waals surface area contributed by atoms with Crippen molar-refractivity contribution in [3.8, 4) is 0 Å². The van der Waals surface area contributed by atoms with Gasteiger partial charge in [0.15, 0.2) is 28.4 Å². The van der Waals surface area contributed by atoms with E-state index in [0.29, 0.717) is 12.2 Å². The average molecular weight is 637 g/mol. The summed E-state index contributed by atoms with van der Waals surface area (Å²) in [5.41, 5.74) is 0.798. The molecule has 2 aliphatic rings. The van der Waals surface area contributed by atoms with Crippen molar-refractivity contribution in [3.63, 3.8) is 0 Å². The van der Waals surface area contributed by atoms with Gasteiger partial charge in [-0.15, -0.1) is 11.3 Å². The average Bonchev–Trinajstić information content (AvgIpc) is 3.50. The van der Waals surface area contributed by atoms with Crippen LogP contribution in [-0.2, 0) is 28.5 Å².